The number of benzene rings is 1. The quantitative estimate of drug-likeness (QED) is 0.795. The lowest BCUT2D eigenvalue weighted by Gasteiger charge is -2.07. The Morgan fingerprint density at radius 3 is 2.42 bits per heavy atom. The molecule has 0 saturated carbocycles. The maximum absolute atomic E-state index is 12.4. The average Bonchev–Trinajstić information content (AvgIpc) is 2.89. The molecular weight excluding hydrogens is 275 g/mol. The van der Waals surface area contributed by atoms with Gasteiger partial charge in [0, 0.05) is 18.0 Å². The number of nitrogens with zero attached hydrogens (tertiary/aromatic N) is 1. The summed E-state index contributed by atoms with van der Waals surface area (Å²) in [7, 11) is 0. The van der Waals surface area contributed by atoms with Crippen LogP contribution in [0.4, 0.5) is 13.2 Å². The number of hydrogen-bond acceptors (Lipinski definition) is 3. The van der Waals surface area contributed by atoms with Gasteiger partial charge in [0.25, 0.3) is 0 Å². The topological polar surface area (TPSA) is 30.0 Å². The summed E-state index contributed by atoms with van der Waals surface area (Å²) >= 11 is 1.26. The Morgan fingerprint density at radius 2 is 1.89 bits per heavy atom. The van der Waals surface area contributed by atoms with Crippen molar-refractivity contribution in [3.05, 3.63) is 52.0 Å². The van der Waals surface area contributed by atoms with Crippen molar-refractivity contribution in [2.75, 3.05) is 0 Å². The molecular formula is C13H10F3NOS. The Hall–Kier alpha value is -1.69. The van der Waals surface area contributed by atoms with E-state index < -0.39 is 11.7 Å². The molecule has 0 aliphatic rings. The van der Waals surface area contributed by atoms with E-state index in [1.54, 1.807) is 11.6 Å². The van der Waals surface area contributed by atoms with Crippen LogP contribution in [0.1, 0.15) is 27.3 Å². The molecule has 2 nitrogen and oxygen atoms in total. The van der Waals surface area contributed by atoms with Crippen LogP contribution in [0.15, 0.2) is 35.8 Å². The number of thiazole rings is 1. The minimum atomic E-state index is -4.32. The van der Waals surface area contributed by atoms with Gasteiger partial charge in [-0.15, -0.1) is 11.3 Å². The molecule has 0 fully saturated rings. The fourth-order valence-electron chi connectivity index (χ4n) is 1.59. The van der Waals surface area contributed by atoms with Crippen LogP contribution in [0.5, 0.6) is 0 Å². The SMILES string of the molecule is O=C(CCc1ccc(C(F)(F)F)cc1)c1nccs1. The molecule has 0 atom stereocenters. The molecule has 0 unspecified atom stereocenters. The van der Waals surface area contributed by atoms with Crippen LogP contribution in [-0.4, -0.2) is 10.8 Å². The van der Waals surface area contributed by atoms with E-state index in [1.807, 2.05) is 0 Å². The molecule has 0 bridgehead atoms. The molecule has 0 N–H and O–H groups in total. The molecule has 2 aromatic rings. The molecule has 0 saturated heterocycles. The first-order chi connectivity index (χ1) is 8.97. The van der Waals surface area contributed by atoms with E-state index in [9.17, 15) is 18.0 Å². The molecule has 2 rings (SSSR count). The van der Waals surface area contributed by atoms with Crippen molar-refractivity contribution in [1.82, 2.24) is 4.98 Å². The predicted octanol–water partition coefficient (Wildman–Crippen LogP) is 3.98. The zero-order valence-electron chi connectivity index (χ0n) is 9.78. The third kappa shape index (κ3) is 3.64. The number of carbonyl (C=O) groups is 1. The van der Waals surface area contributed by atoms with E-state index in [-0.39, 0.29) is 12.2 Å². The first-order valence-electron chi connectivity index (χ1n) is 5.55. The van der Waals surface area contributed by atoms with Crippen molar-refractivity contribution in [2.24, 2.45) is 0 Å². The van der Waals surface area contributed by atoms with E-state index in [0.717, 1.165) is 12.1 Å². The van der Waals surface area contributed by atoms with Crippen molar-refractivity contribution >= 4 is 17.1 Å². The highest BCUT2D eigenvalue weighted by molar-refractivity contribution is 7.11. The second-order valence-corrected chi connectivity index (χ2v) is 4.85. The number of aryl methyl sites for hydroxylation is 1. The Labute approximate surface area is 111 Å². The molecule has 100 valence electrons. The van der Waals surface area contributed by atoms with Crippen molar-refractivity contribution in [2.45, 2.75) is 19.0 Å². The van der Waals surface area contributed by atoms with E-state index in [2.05, 4.69) is 4.98 Å². The second-order valence-electron chi connectivity index (χ2n) is 3.96. The number of halogens is 3. The lowest BCUT2D eigenvalue weighted by molar-refractivity contribution is -0.137. The van der Waals surface area contributed by atoms with Gasteiger partial charge in [-0.05, 0) is 24.1 Å². The summed E-state index contributed by atoms with van der Waals surface area (Å²) in [4.78, 5) is 15.6. The van der Waals surface area contributed by atoms with Gasteiger partial charge in [-0.3, -0.25) is 4.79 Å². The predicted molar refractivity (Wildman–Crippen MR) is 66.2 cm³/mol. The third-order valence-corrected chi connectivity index (χ3v) is 3.41. The van der Waals surface area contributed by atoms with Crippen molar-refractivity contribution in [1.29, 1.82) is 0 Å². The number of Topliss-reactive ketones (excluding diaryl/α,β-unsaturated/α-hetero) is 1. The lowest BCUT2D eigenvalue weighted by atomic mass is 10.1. The molecule has 6 heteroatoms. The fraction of sp³-hybridized carbons (Fsp3) is 0.231. The maximum Gasteiger partial charge on any atom is 0.416 e. The normalized spacial score (nSPS) is 11.5. The van der Waals surface area contributed by atoms with Crippen LogP contribution in [0.2, 0.25) is 0 Å². The first kappa shape index (κ1) is 13.7. The monoisotopic (exact) mass is 285 g/mol. The van der Waals surface area contributed by atoms with Gasteiger partial charge in [-0.25, -0.2) is 4.98 Å². The number of ketones is 1. The highest BCUT2D eigenvalue weighted by atomic mass is 32.1. The van der Waals surface area contributed by atoms with Gasteiger partial charge >= 0.3 is 6.18 Å². The molecule has 0 aliphatic carbocycles. The van der Waals surface area contributed by atoms with Gasteiger partial charge in [0.1, 0.15) is 0 Å². The first-order valence-corrected chi connectivity index (χ1v) is 6.43. The average molecular weight is 285 g/mol. The molecule has 0 amide bonds. The van der Waals surface area contributed by atoms with Crippen LogP contribution >= 0.6 is 11.3 Å². The summed E-state index contributed by atoms with van der Waals surface area (Å²) in [5.74, 6) is -0.0881. The van der Waals surface area contributed by atoms with Gasteiger partial charge < -0.3 is 0 Å². The molecule has 1 heterocycles. The number of carbonyl (C=O) groups excluding carboxylic acids is 1. The molecule has 0 aliphatic heterocycles. The van der Waals surface area contributed by atoms with Gasteiger partial charge in [0.05, 0.1) is 5.56 Å². The van der Waals surface area contributed by atoms with Crippen LogP contribution < -0.4 is 0 Å². The second kappa shape index (κ2) is 5.52. The molecule has 1 aromatic heterocycles. The highest BCUT2D eigenvalue weighted by Crippen LogP contribution is 2.29. The molecule has 0 radical (unpaired) electrons. The number of hydrogen-bond donors (Lipinski definition) is 0. The summed E-state index contributed by atoms with van der Waals surface area (Å²) in [5, 5.41) is 2.15. The van der Waals surface area contributed by atoms with Crippen molar-refractivity contribution in [3.63, 3.8) is 0 Å². The number of aromatic nitrogens is 1. The van der Waals surface area contributed by atoms with Crippen molar-refractivity contribution in [3.8, 4) is 0 Å². The summed E-state index contributed by atoms with van der Waals surface area (Å²) in [5.41, 5.74) is 0.0282. The summed E-state index contributed by atoms with van der Waals surface area (Å²) in [6, 6.07) is 4.86. The van der Waals surface area contributed by atoms with Gasteiger partial charge in [0.2, 0.25) is 0 Å². The number of alkyl halides is 3. The largest absolute Gasteiger partial charge is 0.416 e. The van der Waals surface area contributed by atoms with Crippen LogP contribution in [0.3, 0.4) is 0 Å². The highest BCUT2D eigenvalue weighted by Gasteiger charge is 2.29. The minimum absolute atomic E-state index is 0.0881. The fourth-order valence-corrected chi connectivity index (χ4v) is 2.19. The summed E-state index contributed by atoms with van der Waals surface area (Å²) in [6.07, 6.45) is -2.11. The standard InChI is InChI=1S/C13H10F3NOS/c14-13(15,16)10-4-1-9(2-5-10)3-6-11(18)12-17-7-8-19-12/h1-2,4-5,7-8H,3,6H2. The summed E-state index contributed by atoms with van der Waals surface area (Å²) < 4.78 is 37.1. The zero-order chi connectivity index (χ0) is 13.9. The maximum atomic E-state index is 12.4. The smallest absolute Gasteiger partial charge is 0.292 e. The Morgan fingerprint density at radius 1 is 1.21 bits per heavy atom. The van der Waals surface area contributed by atoms with E-state index in [0.29, 0.717) is 17.0 Å². The Bertz CT molecular complexity index is 546. The van der Waals surface area contributed by atoms with E-state index in [4.69, 9.17) is 0 Å². The minimum Gasteiger partial charge on any atom is -0.292 e. The third-order valence-electron chi connectivity index (χ3n) is 2.59. The van der Waals surface area contributed by atoms with Crippen molar-refractivity contribution < 1.29 is 18.0 Å². The zero-order valence-corrected chi connectivity index (χ0v) is 10.6. The molecule has 19 heavy (non-hydrogen) atoms. The van der Waals surface area contributed by atoms with Crippen LogP contribution in [-0.2, 0) is 12.6 Å². The lowest BCUT2D eigenvalue weighted by Crippen LogP contribution is -2.05. The van der Waals surface area contributed by atoms with E-state index in [1.165, 1.54) is 23.5 Å². The summed E-state index contributed by atoms with van der Waals surface area (Å²) in [6.45, 7) is 0. The molecule has 0 spiro atoms. The Kier molecular flexibility index (Phi) is 3.99. The van der Waals surface area contributed by atoms with Gasteiger partial charge in [-0.1, -0.05) is 12.1 Å². The van der Waals surface area contributed by atoms with Gasteiger partial charge in [-0.2, -0.15) is 13.2 Å². The van der Waals surface area contributed by atoms with Crippen LogP contribution in [0.25, 0.3) is 0 Å². The molecule has 1 aromatic carbocycles. The van der Waals surface area contributed by atoms with Crippen LogP contribution in [0, 0.1) is 0 Å². The van der Waals surface area contributed by atoms with E-state index >= 15 is 0 Å². The number of rotatable bonds is 4. The Balaban J connectivity index is 1.95. The van der Waals surface area contributed by atoms with Gasteiger partial charge in [0.15, 0.2) is 10.8 Å².